The van der Waals surface area contributed by atoms with E-state index in [0.29, 0.717) is 13.1 Å². The summed E-state index contributed by atoms with van der Waals surface area (Å²) in [6, 6.07) is 12.5. The average molecular weight is 451 g/mol. The van der Waals surface area contributed by atoms with Crippen LogP contribution in [0.5, 0.6) is 0 Å². The smallest absolute Gasteiger partial charge is 0.307 e. The second-order valence-electron chi connectivity index (χ2n) is 6.97. The van der Waals surface area contributed by atoms with Crippen LogP contribution < -0.4 is 5.32 Å². The number of ether oxygens (including phenoxy) is 1. The van der Waals surface area contributed by atoms with Crippen molar-refractivity contribution >= 4 is 33.5 Å². The Morgan fingerprint density at radius 3 is 2.43 bits per heavy atom. The Kier molecular flexibility index (Phi) is 7.12. The molecule has 0 bridgehead atoms. The van der Waals surface area contributed by atoms with Gasteiger partial charge in [0.05, 0.1) is 24.6 Å². The third-order valence-corrected chi connectivity index (χ3v) is 7.36. The first-order valence-corrected chi connectivity index (χ1v) is 11.4. The largest absolute Gasteiger partial charge is 0.469 e. The molecule has 2 aromatic rings. The normalized spacial score (nSPS) is 15.5. The van der Waals surface area contributed by atoms with Gasteiger partial charge in [-0.05, 0) is 36.6 Å². The highest BCUT2D eigenvalue weighted by molar-refractivity contribution is 7.89. The van der Waals surface area contributed by atoms with E-state index in [1.54, 1.807) is 24.3 Å². The Labute approximate surface area is 181 Å². The summed E-state index contributed by atoms with van der Waals surface area (Å²) in [7, 11) is -2.50. The molecule has 2 aromatic carbocycles. The Morgan fingerprint density at radius 2 is 1.80 bits per heavy atom. The van der Waals surface area contributed by atoms with Crippen LogP contribution in [0.25, 0.3) is 0 Å². The van der Waals surface area contributed by atoms with Crippen LogP contribution in [0.4, 0.5) is 0 Å². The highest BCUT2D eigenvalue weighted by Gasteiger charge is 2.30. The third-order valence-electron chi connectivity index (χ3n) is 4.98. The van der Waals surface area contributed by atoms with E-state index in [2.05, 4.69) is 5.32 Å². The summed E-state index contributed by atoms with van der Waals surface area (Å²) in [6.07, 6.45) is 1.53. The van der Waals surface area contributed by atoms with Gasteiger partial charge in [-0.25, -0.2) is 8.42 Å². The van der Waals surface area contributed by atoms with E-state index in [4.69, 9.17) is 16.3 Å². The first kappa shape index (κ1) is 22.3. The number of rotatable bonds is 7. The lowest BCUT2D eigenvalue weighted by Gasteiger charge is -2.20. The van der Waals surface area contributed by atoms with E-state index in [9.17, 15) is 18.0 Å². The van der Waals surface area contributed by atoms with Crippen molar-refractivity contribution in [1.82, 2.24) is 9.62 Å². The fraction of sp³-hybridized carbons (Fsp3) is 0.333. The second kappa shape index (κ2) is 9.59. The zero-order valence-electron chi connectivity index (χ0n) is 16.5. The Hall–Kier alpha value is -2.42. The van der Waals surface area contributed by atoms with Crippen molar-refractivity contribution in [1.29, 1.82) is 0 Å². The number of nitrogens with one attached hydrogen (secondary N) is 1. The third kappa shape index (κ3) is 5.00. The highest BCUT2D eigenvalue weighted by atomic mass is 35.5. The number of sulfonamides is 1. The van der Waals surface area contributed by atoms with Gasteiger partial charge in [0.1, 0.15) is 4.90 Å². The number of hydrogen-bond acceptors (Lipinski definition) is 5. The first-order valence-electron chi connectivity index (χ1n) is 9.55. The number of benzene rings is 2. The molecule has 1 saturated heterocycles. The maximum absolute atomic E-state index is 12.9. The lowest BCUT2D eigenvalue weighted by Crippen LogP contribution is -2.31. The standard InChI is InChI=1S/C21H23ClN2O5S/c1-29-20(25)14-18(15-7-3-2-4-8-15)23-21(26)16-9-10-17(22)19(13-16)30(27,28)24-11-5-6-12-24/h2-4,7-10,13,18H,5-6,11-12,14H2,1H3,(H,23,26)/t18-/m0/s1. The minimum atomic E-state index is -3.78. The molecule has 1 aliphatic heterocycles. The van der Waals surface area contributed by atoms with Gasteiger partial charge in [-0.1, -0.05) is 41.9 Å². The second-order valence-corrected chi connectivity index (χ2v) is 9.29. The molecule has 3 rings (SSSR count). The van der Waals surface area contributed by atoms with Crippen molar-refractivity contribution in [2.24, 2.45) is 0 Å². The lowest BCUT2D eigenvalue weighted by atomic mass is 10.0. The van der Waals surface area contributed by atoms with Crippen molar-refractivity contribution in [2.45, 2.75) is 30.2 Å². The predicted molar refractivity (Wildman–Crippen MR) is 113 cm³/mol. The van der Waals surface area contributed by atoms with E-state index >= 15 is 0 Å². The zero-order chi connectivity index (χ0) is 21.7. The topological polar surface area (TPSA) is 92.8 Å². The van der Waals surface area contributed by atoms with Crippen LogP contribution >= 0.6 is 11.6 Å². The van der Waals surface area contributed by atoms with Crippen molar-refractivity contribution in [3.8, 4) is 0 Å². The quantitative estimate of drug-likeness (QED) is 0.654. The molecular formula is C21H23ClN2O5S. The molecular weight excluding hydrogens is 428 g/mol. The van der Waals surface area contributed by atoms with Gasteiger partial charge >= 0.3 is 5.97 Å². The molecule has 0 spiro atoms. The Morgan fingerprint density at radius 1 is 1.13 bits per heavy atom. The van der Waals surface area contributed by atoms with Crippen molar-refractivity contribution in [2.75, 3.05) is 20.2 Å². The van der Waals surface area contributed by atoms with Gasteiger partial charge in [0.15, 0.2) is 0 Å². The molecule has 9 heteroatoms. The minimum absolute atomic E-state index is 0.0568. The number of hydrogen-bond donors (Lipinski definition) is 1. The zero-order valence-corrected chi connectivity index (χ0v) is 18.1. The van der Waals surface area contributed by atoms with Gasteiger partial charge in [0.2, 0.25) is 10.0 Å². The summed E-state index contributed by atoms with van der Waals surface area (Å²) in [5, 5.41) is 2.85. The molecule has 1 atom stereocenters. The molecule has 7 nitrogen and oxygen atoms in total. The molecule has 1 amide bonds. The van der Waals surface area contributed by atoms with Crippen LogP contribution in [0.15, 0.2) is 53.4 Å². The number of halogens is 1. The highest BCUT2D eigenvalue weighted by Crippen LogP contribution is 2.28. The van der Waals surface area contributed by atoms with E-state index in [0.717, 1.165) is 18.4 Å². The van der Waals surface area contributed by atoms with Crippen molar-refractivity contribution < 1.29 is 22.7 Å². The number of methoxy groups -OCH3 is 1. The number of esters is 1. The molecule has 160 valence electrons. The molecule has 0 aromatic heterocycles. The van der Waals surface area contributed by atoms with E-state index in [1.165, 1.54) is 29.6 Å². The van der Waals surface area contributed by atoms with Gasteiger partial charge in [-0.15, -0.1) is 0 Å². The van der Waals surface area contributed by atoms with E-state index in [1.807, 2.05) is 6.07 Å². The Balaban J connectivity index is 1.87. The number of nitrogens with zero attached hydrogens (tertiary/aromatic N) is 1. The van der Waals surface area contributed by atoms with E-state index in [-0.39, 0.29) is 21.9 Å². The molecule has 0 saturated carbocycles. The average Bonchev–Trinajstić information content (AvgIpc) is 3.29. The summed E-state index contributed by atoms with van der Waals surface area (Å²) >= 11 is 6.15. The van der Waals surface area contributed by atoms with Crippen LogP contribution in [0.1, 0.15) is 41.2 Å². The van der Waals surface area contributed by atoms with Gasteiger partial charge in [0.25, 0.3) is 5.91 Å². The summed E-state index contributed by atoms with van der Waals surface area (Å²) in [6.45, 7) is 0.870. The molecule has 30 heavy (non-hydrogen) atoms. The molecule has 0 unspecified atom stereocenters. The van der Waals surface area contributed by atoms with Gasteiger partial charge < -0.3 is 10.1 Å². The Bertz CT molecular complexity index is 1020. The number of amides is 1. The minimum Gasteiger partial charge on any atom is -0.469 e. The maximum atomic E-state index is 12.9. The fourth-order valence-electron chi connectivity index (χ4n) is 3.34. The lowest BCUT2D eigenvalue weighted by molar-refractivity contribution is -0.141. The van der Waals surface area contributed by atoms with E-state index < -0.39 is 27.9 Å². The van der Waals surface area contributed by atoms with Gasteiger partial charge in [-0.3, -0.25) is 9.59 Å². The molecule has 1 aliphatic rings. The molecule has 1 fully saturated rings. The summed E-state index contributed by atoms with van der Waals surface area (Å²) in [4.78, 5) is 24.6. The monoisotopic (exact) mass is 450 g/mol. The van der Waals surface area contributed by atoms with Crippen LogP contribution in [0, 0.1) is 0 Å². The van der Waals surface area contributed by atoms with Crippen LogP contribution in [-0.4, -0.2) is 44.8 Å². The van der Waals surface area contributed by atoms with Gasteiger partial charge in [0, 0.05) is 18.7 Å². The first-order chi connectivity index (χ1) is 14.3. The van der Waals surface area contributed by atoms with Crippen LogP contribution in [-0.2, 0) is 19.6 Å². The van der Waals surface area contributed by atoms with Gasteiger partial charge in [-0.2, -0.15) is 4.31 Å². The molecule has 1 heterocycles. The summed E-state index contributed by atoms with van der Waals surface area (Å²) in [5.74, 6) is -0.986. The van der Waals surface area contributed by atoms with Crippen molar-refractivity contribution in [3.05, 3.63) is 64.7 Å². The maximum Gasteiger partial charge on any atom is 0.307 e. The fourth-order valence-corrected chi connectivity index (χ4v) is 5.36. The number of carbonyl (C=O) groups excluding carboxylic acids is 2. The SMILES string of the molecule is COC(=O)C[C@H](NC(=O)c1ccc(Cl)c(S(=O)(=O)N2CCCC2)c1)c1ccccc1. The molecule has 0 radical (unpaired) electrons. The summed E-state index contributed by atoms with van der Waals surface area (Å²) < 4.78 is 31.9. The predicted octanol–water partition coefficient (Wildman–Crippen LogP) is 3.16. The summed E-state index contributed by atoms with van der Waals surface area (Å²) in [5.41, 5.74) is 0.873. The molecule has 0 aliphatic carbocycles. The molecule has 1 N–H and O–H groups in total. The van der Waals surface area contributed by atoms with Crippen LogP contribution in [0.3, 0.4) is 0 Å². The van der Waals surface area contributed by atoms with Crippen LogP contribution in [0.2, 0.25) is 5.02 Å². The van der Waals surface area contributed by atoms with Crippen molar-refractivity contribution in [3.63, 3.8) is 0 Å². The number of carbonyl (C=O) groups is 2.